The summed E-state index contributed by atoms with van der Waals surface area (Å²) in [5, 5.41) is 13.3. The second-order valence-electron chi connectivity index (χ2n) is 4.23. The lowest BCUT2D eigenvalue weighted by Crippen LogP contribution is -2.36. The Morgan fingerprint density at radius 3 is 2.69 bits per heavy atom. The molecule has 0 aliphatic heterocycles. The minimum atomic E-state index is -0.223. The number of benzene rings is 1. The molecule has 0 spiro atoms. The maximum Gasteiger partial charge on any atom is 0.0741 e. The Hall–Kier alpha value is -0.0600. The largest absolute Gasteiger partial charge is 0.391 e. The van der Waals surface area contributed by atoms with E-state index in [0.29, 0.717) is 0 Å². The van der Waals surface area contributed by atoms with Gasteiger partial charge < -0.3 is 10.4 Å². The highest BCUT2D eigenvalue weighted by Gasteiger charge is 2.23. The van der Waals surface area contributed by atoms with Crippen LogP contribution in [0.3, 0.4) is 0 Å². The molecule has 88 valence electrons. The van der Waals surface area contributed by atoms with Crippen LogP contribution in [0.5, 0.6) is 0 Å². The summed E-state index contributed by atoms with van der Waals surface area (Å²) in [7, 11) is 0. The van der Waals surface area contributed by atoms with Gasteiger partial charge in [-0.1, -0.05) is 28.8 Å². The van der Waals surface area contributed by atoms with E-state index in [1.165, 1.54) is 6.42 Å². The van der Waals surface area contributed by atoms with Gasteiger partial charge in [0.15, 0.2) is 0 Å². The molecule has 1 aromatic carbocycles. The van der Waals surface area contributed by atoms with E-state index in [9.17, 15) is 5.11 Å². The molecule has 1 aromatic rings. The van der Waals surface area contributed by atoms with Crippen LogP contribution >= 0.6 is 31.9 Å². The van der Waals surface area contributed by atoms with Gasteiger partial charge in [-0.3, -0.25) is 0 Å². The lowest BCUT2D eigenvalue weighted by atomic mass is 9.92. The van der Waals surface area contributed by atoms with Crippen LogP contribution in [0.15, 0.2) is 27.1 Å². The van der Waals surface area contributed by atoms with Gasteiger partial charge in [0.05, 0.1) is 12.1 Å². The van der Waals surface area contributed by atoms with Gasteiger partial charge >= 0.3 is 0 Å². The number of nitrogens with one attached hydrogen (secondary N) is 1. The molecule has 2 nitrogen and oxygen atoms in total. The SMILES string of the molecule is O[C@H]1CCCC[C@@H]1Nc1cc(Br)ccc1Br. The van der Waals surface area contributed by atoms with E-state index in [1.54, 1.807) is 0 Å². The van der Waals surface area contributed by atoms with E-state index in [2.05, 4.69) is 37.2 Å². The van der Waals surface area contributed by atoms with Gasteiger partial charge in [-0.15, -0.1) is 0 Å². The Bertz CT molecular complexity index is 370. The number of halogens is 2. The van der Waals surface area contributed by atoms with Gasteiger partial charge in [-0.25, -0.2) is 0 Å². The average molecular weight is 349 g/mol. The van der Waals surface area contributed by atoms with Crippen molar-refractivity contribution in [3.63, 3.8) is 0 Å². The number of hydrogen-bond acceptors (Lipinski definition) is 2. The Kier molecular flexibility index (Phi) is 4.27. The maximum atomic E-state index is 9.90. The molecule has 0 aromatic heterocycles. The average Bonchev–Trinajstić information content (AvgIpc) is 2.27. The van der Waals surface area contributed by atoms with Gasteiger partial charge in [0.1, 0.15) is 0 Å². The minimum Gasteiger partial charge on any atom is -0.391 e. The first-order valence-electron chi connectivity index (χ1n) is 5.56. The topological polar surface area (TPSA) is 32.3 Å². The maximum absolute atomic E-state index is 9.90. The van der Waals surface area contributed by atoms with Gasteiger partial charge in [0.2, 0.25) is 0 Å². The molecule has 1 aliphatic carbocycles. The Morgan fingerprint density at radius 1 is 1.19 bits per heavy atom. The van der Waals surface area contributed by atoms with Crippen LogP contribution in [0.2, 0.25) is 0 Å². The fraction of sp³-hybridized carbons (Fsp3) is 0.500. The fourth-order valence-corrected chi connectivity index (χ4v) is 2.81. The molecule has 1 saturated carbocycles. The molecular formula is C12H15Br2NO. The van der Waals surface area contributed by atoms with Gasteiger partial charge in [-0.05, 0) is 47.0 Å². The summed E-state index contributed by atoms with van der Waals surface area (Å²) >= 11 is 6.97. The molecule has 1 fully saturated rings. The molecule has 4 heteroatoms. The molecule has 0 radical (unpaired) electrons. The number of anilines is 1. The number of aliphatic hydroxyl groups excluding tert-OH is 1. The monoisotopic (exact) mass is 347 g/mol. The van der Waals surface area contributed by atoms with Crippen LogP contribution in [0.1, 0.15) is 25.7 Å². The fourth-order valence-electron chi connectivity index (χ4n) is 2.09. The van der Waals surface area contributed by atoms with Crippen LogP contribution in [0, 0.1) is 0 Å². The van der Waals surface area contributed by atoms with Crippen LogP contribution in [0.25, 0.3) is 0 Å². The third-order valence-corrected chi connectivity index (χ3v) is 4.18. The number of hydrogen-bond donors (Lipinski definition) is 2. The highest BCUT2D eigenvalue weighted by atomic mass is 79.9. The molecular weight excluding hydrogens is 334 g/mol. The van der Waals surface area contributed by atoms with Crippen molar-refractivity contribution in [2.24, 2.45) is 0 Å². The molecule has 2 atom stereocenters. The molecule has 0 unspecified atom stereocenters. The summed E-state index contributed by atoms with van der Waals surface area (Å²) in [6.07, 6.45) is 4.06. The summed E-state index contributed by atoms with van der Waals surface area (Å²) < 4.78 is 2.08. The van der Waals surface area contributed by atoms with Crippen LogP contribution in [-0.2, 0) is 0 Å². The lowest BCUT2D eigenvalue weighted by Gasteiger charge is -2.29. The highest BCUT2D eigenvalue weighted by molar-refractivity contribution is 9.11. The second-order valence-corrected chi connectivity index (χ2v) is 6.00. The van der Waals surface area contributed by atoms with Gasteiger partial charge in [-0.2, -0.15) is 0 Å². The molecule has 2 N–H and O–H groups in total. The van der Waals surface area contributed by atoms with Crippen molar-refractivity contribution in [2.75, 3.05) is 5.32 Å². The predicted octanol–water partition coefficient (Wildman–Crippen LogP) is 3.93. The summed E-state index contributed by atoms with van der Waals surface area (Å²) in [6.45, 7) is 0. The van der Waals surface area contributed by atoms with Crippen molar-refractivity contribution in [1.29, 1.82) is 0 Å². The van der Waals surface area contributed by atoms with Gasteiger partial charge in [0.25, 0.3) is 0 Å². The zero-order valence-corrected chi connectivity index (χ0v) is 12.1. The molecule has 2 rings (SSSR count). The smallest absolute Gasteiger partial charge is 0.0741 e. The molecule has 0 bridgehead atoms. The zero-order valence-electron chi connectivity index (χ0n) is 8.92. The third kappa shape index (κ3) is 2.99. The number of rotatable bonds is 2. The lowest BCUT2D eigenvalue weighted by molar-refractivity contribution is 0.116. The van der Waals surface area contributed by atoms with Crippen molar-refractivity contribution in [1.82, 2.24) is 0 Å². The normalized spacial score (nSPS) is 25.4. The van der Waals surface area contributed by atoms with Crippen molar-refractivity contribution < 1.29 is 5.11 Å². The van der Waals surface area contributed by atoms with Crippen molar-refractivity contribution >= 4 is 37.5 Å². The first-order valence-corrected chi connectivity index (χ1v) is 7.15. The third-order valence-electron chi connectivity index (χ3n) is 3.00. The number of aliphatic hydroxyl groups is 1. The molecule has 0 saturated heterocycles. The Balaban J connectivity index is 2.10. The van der Waals surface area contributed by atoms with Crippen LogP contribution in [-0.4, -0.2) is 17.3 Å². The van der Waals surface area contributed by atoms with E-state index < -0.39 is 0 Å². The van der Waals surface area contributed by atoms with E-state index in [4.69, 9.17) is 0 Å². The Morgan fingerprint density at radius 2 is 1.94 bits per heavy atom. The second kappa shape index (κ2) is 5.52. The summed E-state index contributed by atoms with van der Waals surface area (Å²) in [6, 6.07) is 6.21. The summed E-state index contributed by atoms with van der Waals surface area (Å²) in [5.74, 6) is 0. The zero-order chi connectivity index (χ0) is 11.5. The highest BCUT2D eigenvalue weighted by Crippen LogP contribution is 2.29. The molecule has 0 heterocycles. The predicted molar refractivity (Wildman–Crippen MR) is 73.7 cm³/mol. The molecule has 0 amide bonds. The van der Waals surface area contributed by atoms with E-state index in [-0.39, 0.29) is 12.1 Å². The molecule has 16 heavy (non-hydrogen) atoms. The van der Waals surface area contributed by atoms with Crippen molar-refractivity contribution in [2.45, 2.75) is 37.8 Å². The van der Waals surface area contributed by atoms with Crippen molar-refractivity contribution in [3.05, 3.63) is 27.1 Å². The first kappa shape index (κ1) is 12.4. The van der Waals surface area contributed by atoms with Gasteiger partial charge in [0, 0.05) is 14.6 Å². The van der Waals surface area contributed by atoms with E-state index in [0.717, 1.165) is 33.9 Å². The van der Waals surface area contributed by atoms with Crippen LogP contribution in [0.4, 0.5) is 5.69 Å². The van der Waals surface area contributed by atoms with Crippen molar-refractivity contribution in [3.8, 4) is 0 Å². The quantitative estimate of drug-likeness (QED) is 0.848. The minimum absolute atomic E-state index is 0.180. The van der Waals surface area contributed by atoms with Crippen LogP contribution < -0.4 is 5.32 Å². The summed E-state index contributed by atoms with van der Waals surface area (Å²) in [4.78, 5) is 0. The van der Waals surface area contributed by atoms with E-state index >= 15 is 0 Å². The summed E-state index contributed by atoms with van der Waals surface area (Å²) in [5.41, 5.74) is 1.04. The Labute approximate surface area is 113 Å². The first-order chi connectivity index (χ1) is 7.66. The standard InChI is InChI=1S/C12H15Br2NO/c13-8-5-6-9(14)11(7-8)15-10-3-1-2-4-12(10)16/h5-7,10,12,15-16H,1-4H2/t10-,12-/m0/s1. The van der Waals surface area contributed by atoms with E-state index in [1.807, 2.05) is 18.2 Å². The molecule has 1 aliphatic rings.